The van der Waals surface area contributed by atoms with Crippen LogP contribution >= 0.6 is 0 Å². The Labute approximate surface area is 165 Å². The first kappa shape index (κ1) is 21.1. The van der Waals surface area contributed by atoms with Crippen molar-refractivity contribution in [3.05, 3.63) is 47.5 Å². The van der Waals surface area contributed by atoms with Gasteiger partial charge >= 0.3 is 0 Å². The van der Waals surface area contributed by atoms with Crippen molar-refractivity contribution in [2.24, 2.45) is 0 Å². The van der Waals surface area contributed by atoms with Gasteiger partial charge in [0.2, 0.25) is 11.7 Å². The minimum atomic E-state index is -0.344. The molecule has 1 N–H and O–H groups in total. The lowest BCUT2D eigenvalue weighted by Crippen LogP contribution is -2.37. The summed E-state index contributed by atoms with van der Waals surface area (Å²) in [7, 11) is 4.58. The molecule has 0 saturated carbocycles. The van der Waals surface area contributed by atoms with Gasteiger partial charge in [-0.15, -0.1) is 0 Å². The average molecular weight is 386 g/mol. The molecular weight excluding hydrogens is 360 g/mol. The Hall–Kier alpha value is -3.22. The van der Waals surface area contributed by atoms with Gasteiger partial charge in [-0.25, -0.2) is 0 Å². The Balaban J connectivity index is 1.94. The van der Waals surface area contributed by atoms with Crippen LogP contribution in [0.15, 0.2) is 36.4 Å². The minimum absolute atomic E-state index is 0.0851. The molecule has 150 valence electrons. The fraction of sp³-hybridized carbons (Fsp3) is 0.333. The van der Waals surface area contributed by atoms with Crippen molar-refractivity contribution >= 4 is 17.5 Å². The third-order valence-corrected chi connectivity index (χ3v) is 4.09. The Morgan fingerprint density at radius 1 is 0.964 bits per heavy atom. The summed E-state index contributed by atoms with van der Waals surface area (Å²) in [6.45, 7) is 3.54. The van der Waals surface area contributed by atoms with Gasteiger partial charge in [-0.2, -0.15) is 0 Å². The number of ether oxygens (including phenoxy) is 3. The highest BCUT2D eigenvalue weighted by Gasteiger charge is 2.18. The van der Waals surface area contributed by atoms with Crippen molar-refractivity contribution in [2.45, 2.75) is 13.8 Å². The maximum absolute atomic E-state index is 12.4. The molecule has 0 heterocycles. The number of likely N-dealkylation sites (N-methyl/N-ethyl adjacent to an activating group) is 1. The molecule has 2 aromatic rings. The second-order valence-corrected chi connectivity index (χ2v) is 6.45. The van der Waals surface area contributed by atoms with E-state index in [1.807, 2.05) is 38.1 Å². The number of benzene rings is 2. The van der Waals surface area contributed by atoms with Crippen LogP contribution in [0.3, 0.4) is 0 Å². The standard InChI is InChI=1S/C21H26N2O5/c1-14-6-8-16(9-7-14)22-19(24)12-23(3)20(25)13-28-21-17(26-4)10-15(2)11-18(21)27-5/h6-11H,12-13H2,1-5H3,(H,22,24). The molecule has 0 aromatic heterocycles. The van der Waals surface area contributed by atoms with E-state index in [1.54, 1.807) is 19.2 Å². The summed E-state index contributed by atoms with van der Waals surface area (Å²) in [4.78, 5) is 25.8. The van der Waals surface area contributed by atoms with Crippen molar-refractivity contribution < 1.29 is 23.8 Å². The number of hydrogen-bond donors (Lipinski definition) is 1. The Morgan fingerprint density at radius 2 is 1.54 bits per heavy atom. The van der Waals surface area contributed by atoms with Crippen molar-refractivity contribution in [3.63, 3.8) is 0 Å². The quantitative estimate of drug-likeness (QED) is 0.755. The van der Waals surface area contributed by atoms with Gasteiger partial charge in [0.1, 0.15) is 0 Å². The third-order valence-electron chi connectivity index (χ3n) is 4.09. The summed E-state index contributed by atoms with van der Waals surface area (Å²) in [5, 5.41) is 2.76. The van der Waals surface area contributed by atoms with Gasteiger partial charge in [-0.1, -0.05) is 17.7 Å². The molecule has 0 aliphatic carbocycles. The van der Waals surface area contributed by atoms with E-state index in [4.69, 9.17) is 14.2 Å². The lowest BCUT2D eigenvalue weighted by molar-refractivity contribution is -0.135. The van der Waals surface area contributed by atoms with Crippen LogP contribution in [-0.4, -0.2) is 51.1 Å². The maximum atomic E-state index is 12.4. The smallest absolute Gasteiger partial charge is 0.260 e. The van der Waals surface area contributed by atoms with Crippen LogP contribution in [0.2, 0.25) is 0 Å². The Bertz CT molecular complexity index is 808. The lowest BCUT2D eigenvalue weighted by Gasteiger charge is -2.19. The van der Waals surface area contributed by atoms with Crippen molar-refractivity contribution in [1.82, 2.24) is 4.90 Å². The molecule has 2 aromatic carbocycles. The van der Waals surface area contributed by atoms with Crippen molar-refractivity contribution in [1.29, 1.82) is 0 Å². The molecule has 0 fully saturated rings. The summed E-state index contributed by atoms with van der Waals surface area (Å²) < 4.78 is 16.2. The highest BCUT2D eigenvalue weighted by Crippen LogP contribution is 2.38. The molecule has 0 bridgehead atoms. The highest BCUT2D eigenvalue weighted by atomic mass is 16.5. The van der Waals surface area contributed by atoms with Gasteiger partial charge in [0.25, 0.3) is 5.91 Å². The molecule has 28 heavy (non-hydrogen) atoms. The van der Waals surface area contributed by atoms with E-state index >= 15 is 0 Å². The van der Waals surface area contributed by atoms with Crippen molar-refractivity contribution in [3.8, 4) is 17.2 Å². The number of nitrogens with zero attached hydrogens (tertiary/aromatic N) is 1. The molecule has 0 aliphatic rings. The van der Waals surface area contributed by atoms with E-state index in [1.165, 1.54) is 19.1 Å². The SMILES string of the molecule is COc1cc(C)cc(OC)c1OCC(=O)N(C)CC(=O)Nc1ccc(C)cc1. The first-order valence-corrected chi connectivity index (χ1v) is 8.80. The minimum Gasteiger partial charge on any atom is -0.493 e. The fourth-order valence-electron chi connectivity index (χ4n) is 2.54. The van der Waals surface area contributed by atoms with Gasteiger partial charge < -0.3 is 24.4 Å². The molecule has 0 saturated heterocycles. The monoisotopic (exact) mass is 386 g/mol. The largest absolute Gasteiger partial charge is 0.493 e. The predicted molar refractivity (Wildman–Crippen MR) is 107 cm³/mol. The maximum Gasteiger partial charge on any atom is 0.260 e. The zero-order valence-corrected chi connectivity index (χ0v) is 16.9. The Morgan fingerprint density at radius 3 is 2.07 bits per heavy atom. The van der Waals surface area contributed by atoms with Gasteiger partial charge in [0.15, 0.2) is 18.1 Å². The summed E-state index contributed by atoms with van der Waals surface area (Å²) >= 11 is 0. The van der Waals surface area contributed by atoms with Gasteiger partial charge in [-0.05, 0) is 43.7 Å². The summed E-state index contributed by atoms with van der Waals surface area (Å²) in [6.07, 6.45) is 0. The van der Waals surface area contributed by atoms with E-state index in [9.17, 15) is 9.59 Å². The number of amides is 2. The second-order valence-electron chi connectivity index (χ2n) is 6.45. The van der Waals surface area contributed by atoms with E-state index < -0.39 is 0 Å². The lowest BCUT2D eigenvalue weighted by atomic mass is 10.2. The molecule has 7 heteroatoms. The van der Waals surface area contributed by atoms with Gasteiger partial charge in [0, 0.05) is 12.7 Å². The number of hydrogen-bond acceptors (Lipinski definition) is 5. The van der Waals surface area contributed by atoms with Crippen LogP contribution in [-0.2, 0) is 9.59 Å². The number of rotatable bonds is 8. The summed E-state index contributed by atoms with van der Waals surface area (Å²) in [5.74, 6) is 0.671. The zero-order valence-electron chi connectivity index (χ0n) is 16.9. The van der Waals surface area contributed by atoms with Gasteiger partial charge in [-0.3, -0.25) is 9.59 Å². The van der Waals surface area contributed by atoms with Crippen molar-refractivity contribution in [2.75, 3.05) is 39.7 Å². The fourth-order valence-corrected chi connectivity index (χ4v) is 2.54. The van der Waals surface area contributed by atoms with E-state index in [0.717, 1.165) is 11.1 Å². The first-order valence-electron chi connectivity index (χ1n) is 8.80. The highest BCUT2D eigenvalue weighted by molar-refractivity contribution is 5.94. The van der Waals surface area contributed by atoms with E-state index in [2.05, 4.69) is 5.32 Å². The number of anilines is 1. The second kappa shape index (κ2) is 9.64. The Kier molecular flexibility index (Phi) is 7.26. The normalized spacial score (nSPS) is 10.2. The topological polar surface area (TPSA) is 77.1 Å². The molecule has 0 unspecified atom stereocenters. The van der Waals surface area contributed by atoms with Crippen LogP contribution in [0.5, 0.6) is 17.2 Å². The van der Waals surface area contributed by atoms with Crippen LogP contribution in [0.25, 0.3) is 0 Å². The molecular formula is C21H26N2O5. The molecule has 2 amide bonds. The molecule has 0 aliphatic heterocycles. The number of methoxy groups -OCH3 is 2. The molecule has 0 spiro atoms. The molecule has 2 rings (SSSR count). The molecule has 0 radical (unpaired) electrons. The predicted octanol–water partition coefficient (Wildman–Crippen LogP) is 2.80. The molecule has 0 atom stereocenters. The van der Waals surface area contributed by atoms with E-state index in [0.29, 0.717) is 22.9 Å². The average Bonchev–Trinajstić information content (AvgIpc) is 2.67. The number of carbonyl (C=O) groups is 2. The van der Waals surface area contributed by atoms with Crippen LogP contribution in [0, 0.1) is 13.8 Å². The van der Waals surface area contributed by atoms with Crippen LogP contribution in [0.4, 0.5) is 5.69 Å². The summed E-state index contributed by atoms with van der Waals surface area (Å²) in [5.41, 5.74) is 2.73. The first-order chi connectivity index (χ1) is 13.3. The number of aryl methyl sites for hydroxylation is 2. The van der Waals surface area contributed by atoms with Gasteiger partial charge in [0.05, 0.1) is 20.8 Å². The number of carbonyl (C=O) groups excluding carboxylic acids is 2. The zero-order chi connectivity index (χ0) is 20.7. The van der Waals surface area contributed by atoms with Crippen LogP contribution < -0.4 is 19.5 Å². The molecule has 7 nitrogen and oxygen atoms in total. The van der Waals surface area contributed by atoms with E-state index in [-0.39, 0.29) is 25.0 Å². The summed E-state index contributed by atoms with van der Waals surface area (Å²) in [6, 6.07) is 11.0. The van der Waals surface area contributed by atoms with Crippen LogP contribution in [0.1, 0.15) is 11.1 Å². The third kappa shape index (κ3) is 5.64. The number of nitrogens with one attached hydrogen (secondary N) is 1.